The first-order valence-corrected chi connectivity index (χ1v) is 8.97. The third-order valence-electron chi connectivity index (χ3n) is 4.35. The van der Waals surface area contributed by atoms with Crippen LogP contribution in [0.2, 0.25) is 0 Å². The van der Waals surface area contributed by atoms with Crippen LogP contribution in [0.25, 0.3) is 0 Å². The largest absolute Gasteiger partial charge is 0.383 e. The zero-order valence-corrected chi connectivity index (χ0v) is 15.1. The molecule has 1 saturated heterocycles. The molecule has 7 nitrogen and oxygen atoms in total. The fraction of sp³-hybridized carbons (Fsp3) is 0.474. The van der Waals surface area contributed by atoms with Crippen molar-refractivity contribution in [3.63, 3.8) is 0 Å². The van der Waals surface area contributed by atoms with E-state index in [9.17, 15) is 4.79 Å². The number of aryl methyl sites for hydroxylation is 1. The number of hydrogen-bond acceptors (Lipinski definition) is 4. The third-order valence-corrected chi connectivity index (χ3v) is 4.35. The van der Waals surface area contributed by atoms with Gasteiger partial charge in [-0.05, 0) is 18.4 Å². The molecule has 0 radical (unpaired) electrons. The molecule has 0 bridgehead atoms. The topological polar surface area (TPSA) is 68.6 Å². The zero-order valence-electron chi connectivity index (χ0n) is 15.1. The molecule has 1 aromatic carbocycles. The Hall–Kier alpha value is -2.38. The molecule has 1 aromatic heterocycles. The summed E-state index contributed by atoms with van der Waals surface area (Å²) in [5.74, 6) is 0. The van der Waals surface area contributed by atoms with Crippen molar-refractivity contribution in [2.75, 3.05) is 38.7 Å². The van der Waals surface area contributed by atoms with Gasteiger partial charge in [-0.3, -0.25) is 4.68 Å². The van der Waals surface area contributed by atoms with Gasteiger partial charge in [-0.15, -0.1) is 0 Å². The van der Waals surface area contributed by atoms with Crippen LogP contribution < -0.4 is 5.32 Å². The molecule has 2 amide bonds. The minimum atomic E-state index is -0.111. The predicted molar refractivity (Wildman–Crippen MR) is 99.2 cm³/mol. The Morgan fingerprint density at radius 1 is 1.27 bits per heavy atom. The second-order valence-electron chi connectivity index (χ2n) is 6.40. The second-order valence-corrected chi connectivity index (χ2v) is 6.40. The van der Waals surface area contributed by atoms with E-state index in [2.05, 4.69) is 34.7 Å². The molecule has 26 heavy (non-hydrogen) atoms. The number of aromatic nitrogens is 2. The van der Waals surface area contributed by atoms with Crippen molar-refractivity contribution in [3.05, 3.63) is 48.3 Å². The van der Waals surface area contributed by atoms with Crippen molar-refractivity contribution in [1.29, 1.82) is 0 Å². The Bertz CT molecular complexity index is 683. The van der Waals surface area contributed by atoms with E-state index in [1.165, 1.54) is 5.56 Å². The van der Waals surface area contributed by atoms with E-state index < -0.39 is 0 Å². The van der Waals surface area contributed by atoms with Crippen LogP contribution in [0.1, 0.15) is 12.0 Å². The first kappa shape index (κ1) is 18.4. The van der Waals surface area contributed by atoms with Gasteiger partial charge in [-0.2, -0.15) is 5.10 Å². The van der Waals surface area contributed by atoms with E-state index in [0.717, 1.165) is 19.4 Å². The summed E-state index contributed by atoms with van der Waals surface area (Å²) in [4.78, 5) is 13.9. The van der Waals surface area contributed by atoms with Crippen LogP contribution >= 0.6 is 0 Å². The molecule has 0 saturated carbocycles. The number of urea groups is 1. The lowest BCUT2D eigenvalue weighted by atomic mass is 10.1. The van der Waals surface area contributed by atoms with Crippen molar-refractivity contribution in [2.24, 2.45) is 0 Å². The SMILES string of the molecule is COCCn1cc(NC(=O)N2CC(OCCCc3ccccc3)C2)cn1. The number of methoxy groups -OCH3 is 1. The van der Waals surface area contributed by atoms with E-state index in [1.54, 1.807) is 29.1 Å². The van der Waals surface area contributed by atoms with E-state index in [-0.39, 0.29) is 12.1 Å². The van der Waals surface area contributed by atoms with Crippen molar-refractivity contribution in [3.8, 4) is 0 Å². The highest BCUT2D eigenvalue weighted by atomic mass is 16.5. The summed E-state index contributed by atoms with van der Waals surface area (Å²) < 4.78 is 12.6. The smallest absolute Gasteiger partial charge is 0.322 e. The molecule has 0 spiro atoms. The lowest BCUT2D eigenvalue weighted by Crippen LogP contribution is -2.56. The maximum Gasteiger partial charge on any atom is 0.322 e. The number of carbonyl (C=O) groups excluding carboxylic acids is 1. The Labute approximate surface area is 153 Å². The van der Waals surface area contributed by atoms with Gasteiger partial charge in [-0.25, -0.2) is 4.79 Å². The molecule has 0 aliphatic carbocycles. The Balaban J connectivity index is 1.29. The number of amides is 2. The summed E-state index contributed by atoms with van der Waals surface area (Å²) in [5.41, 5.74) is 2.02. The van der Waals surface area contributed by atoms with E-state index in [4.69, 9.17) is 9.47 Å². The molecule has 0 atom stereocenters. The molecule has 140 valence electrons. The maximum absolute atomic E-state index is 12.2. The molecule has 0 unspecified atom stereocenters. The predicted octanol–water partition coefficient (Wildman–Crippen LogP) is 2.40. The molecule has 2 aromatic rings. The first-order chi connectivity index (χ1) is 12.7. The number of ether oxygens (including phenoxy) is 2. The molecule has 1 fully saturated rings. The zero-order chi connectivity index (χ0) is 18.2. The van der Waals surface area contributed by atoms with Gasteiger partial charge in [0, 0.05) is 19.9 Å². The number of nitrogens with zero attached hydrogens (tertiary/aromatic N) is 3. The van der Waals surface area contributed by atoms with E-state index >= 15 is 0 Å². The number of benzene rings is 1. The van der Waals surface area contributed by atoms with Crippen LogP contribution in [0.15, 0.2) is 42.7 Å². The quantitative estimate of drug-likeness (QED) is 0.699. The maximum atomic E-state index is 12.2. The molecular weight excluding hydrogens is 332 g/mol. The van der Waals surface area contributed by atoms with Crippen LogP contribution in [0, 0.1) is 0 Å². The summed E-state index contributed by atoms with van der Waals surface area (Å²) in [6, 6.07) is 10.3. The Morgan fingerprint density at radius 2 is 2.08 bits per heavy atom. The van der Waals surface area contributed by atoms with E-state index in [1.807, 2.05) is 6.07 Å². The van der Waals surface area contributed by atoms with Gasteiger partial charge in [0.1, 0.15) is 0 Å². The molecule has 2 heterocycles. The fourth-order valence-electron chi connectivity index (χ4n) is 2.82. The van der Waals surface area contributed by atoms with Crippen molar-refractivity contribution >= 4 is 11.7 Å². The number of nitrogens with one attached hydrogen (secondary N) is 1. The lowest BCUT2D eigenvalue weighted by molar-refractivity contribution is -0.0337. The van der Waals surface area contributed by atoms with Gasteiger partial charge in [0.25, 0.3) is 0 Å². The average molecular weight is 358 g/mol. The minimum absolute atomic E-state index is 0.111. The Morgan fingerprint density at radius 3 is 2.85 bits per heavy atom. The van der Waals surface area contributed by atoms with Crippen LogP contribution in [0.3, 0.4) is 0 Å². The molecular formula is C19H26N4O3. The molecule has 1 aliphatic heterocycles. The summed E-state index contributed by atoms with van der Waals surface area (Å²) in [5, 5.41) is 7.04. The monoisotopic (exact) mass is 358 g/mol. The van der Waals surface area contributed by atoms with Crippen molar-refractivity contribution in [2.45, 2.75) is 25.5 Å². The van der Waals surface area contributed by atoms with Crippen LogP contribution in [0.5, 0.6) is 0 Å². The fourth-order valence-corrected chi connectivity index (χ4v) is 2.82. The number of likely N-dealkylation sites (tertiary alicyclic amines) is 1. The second kappa shape index (κ2) is 9.35. The third kappa shape index (κ3) is 5.31. The number of rotatable bonds is 9. The highest BCUT2D eigenvalue weighted by Crippen LogP contribution is 2.15. The Kier molecular flexibility index (Phi) is 6.62. The standard InChI is InChI=1S/C19H26N4O3/c1-25-11-9-23-13-17(12-20-23)21-19(24)22-14-18(15-22)26-10-5-8-16-6-3-2-4-7-16/h2-4,6-7,12-13,18H,5,8-11,14-15H2,1H3,(H,21,24). The summed E-state index contributed by atoms with van der Waals surface area (Å²) in [6.45, 7) is 3.24. The van der Waals surface area contributed by atoms with Gasteiger partial charge >= 0.3 is 6.03 Å². The van der Waals surface area contributed by atoms with Crippen LogP contribution in [-0.4, -0.2) is 60.2 Å². The molecule has 3 rings (SSSR count). The van der Waals surface area contributed by atoms with Gasteiger partial charge in [0.15, 0.2) is 0 Å². The number of hydrogen-bond donors (Lipinski definition) is 1. The molecule has 7 heteroatoms. The summed E-state index contributed by atoms with van der Waals surface area (Å²) in [6.07, 6.45) is 5.60. The number of carbonyl (C=O) groups is 1. The highest BCUT2D eigenvalue weighted by Gasteiger charge is 2.31. The minimum Gasteiger partial charge on any atom is -0.383 e. The van der Waals surface area contributed by atoms with Gasteiger partial charge in [0.05, 0.1) is 44.2 Å². The van der Waals surface area contributed by atoms with Crippen LogP contribution in [0.4, 0.5) is 10.5 Å². The molecule has 1 aliphatic rings. The summed E-state index contributed by atoms with van der Waals surface area (Å²) >= 11 is 0. The summed E-state index contributed by atoms with van der Waals surface area (Å²) in [7, 11) is 1.65. The highest BCUT2D eigenvalue weighted by molar-refractivity contribution is 5.89. The van der Waals surface area contributed by atoms with Gasteiger partial charge in [0.2, 0.25) is 0 Å². The van der Waals surface area contributed by atoms with Crippen molar-refractivity contribution in [1.82, 2.24) is 14.7 Å². The van der Waals surface area contributed by atoms with Gasteiger partial charge in [-0.1, -0.05) is 30.3 Å². The number of anilines is 1. The van der Waals surface area contributed by atoms with E-state index in [0.29, 0.717) is 31.9 Å². The average Bonchev–Trinajstić information content (AvgIpc) is 3.06. The first-order valence-electron chi connectivity index (χ1n) is 8.97. The van der Waals surface area contributed by atoms with Crippen LogP contribution in [-0.2, 0) is 22.4 Å². The van der Waals surface area contributed by atoms with Gasteiger partial charge < -0.3 is 19.7 Å². The molecule has 1 N–H and O–H groups in total. The lowest BCUT2D eigenvalue weighted by Gasteiger charge is -2.38. The van der Waals surface area contributed by atoms with Crippen molar-refractivity contribution < 1.29 is 14.3 Å². The normalized spacial score (nSPS) is 14.3.